The highest BCUT2D eigenvalue weighted by Crippen LogP contribution is 2.10. The zero-order chi connectivity index (χ0) is 13.1. The van der Waals surface area contributed by atoms with Crippen LogP contribution in [-0.4, -0.2) is 39.9 Å². The molecule has 0 aromatic heterocycles. The first-order valence-corrected chi connectivity index (χ1v) is 6.55. The lowest BCUT2D eigenvalue weighted by molar-refractivity contribution is 0.0600. The average Bonchev–Trinajstić information content (AvgIpc) is 2.28. The number of rotatable bonds is 4. The number of hydrogen-bond donors (Lipinski definition) is 0. The second-order valence-electron chi connectivity index (χ2n) is 3.73. The Bertz CT molecular complexity index is 491. The topological polar surface area (TPSA) is 63.7 Å². The molecule has 0 saturated heterocycles. The lowest BCUT2D eigenvalue weighted by Gasteiger charge is -2.11. The summed E-state index contributed by atoms with van der Waals surface area (Å²) >= 11 is 0. The van der Waals surface area contributed by atoms with E-state index in [-0.39, 0.29) is 5.75 Å². The predicted molar refractivity (Wildman–Crippen MR) is 64.1 cm³/mol. The number of carbonyl (C=O) groups excluding carboxylic acids is 1. The molecule has 17 heavy (non-hydrogen) atoms. The maximum Gasteiger partial charge on any atom is 0.337 e. The van der Waals surface area contributed by atoms with Crippen LogP contribution in [0.3, 0.4) is 0 Å². The molecule has 0 bridgehead atoms. The normalized spacial score (nSPS) is 11.5. The van der Waals surface area contributed by atoms with Crippen molar-refractivity contribution < 1.29 is 17.9 Å². The van der Waals surface area contributed by atoms with Gasteiger partial charge in [0.15, 0.2) is 0 Å². The Labute approximate surface area is 101 Å². The second-order valence-corrected chi connectivity index (χ2v) is 5.91. The molecule has 0 amide bonds. The van der Waals surface area contributed by atoms with E-state index in [9.17, 15) is 13.2 Å². The fourth-order valence-electron chi connectivity index (χ4n) is 1.19. The Morgan fingerprint density at radius 2 is 1.76 bits per heavy atom. The zero-order valence-electron chi connectivity index (χ0n) is 10.0. The number of nitrogens with zero attached hydrogens (tertiary/aromatic N) is 1. The number of sulfonamides is 1. The number of carbonyl (C=O) groups is 1. The summed E-state index contributed by atoms with van der Waals surface area (Å²) in [6.07, 6.45) is 0. The molecule has 0 saturated carbocycles. The van der Waals surface area contributed by atoms with Crippen LogP contribution >= 0.6 is 0 Å². The van der Waals surface area contributed by atoms with Crippen molar-refractivity contribution in [2.24, 2.45) is 0 Å². The van der Waals surface area contributed by atoms with Gasteiger partial charge < -0.3 is 4.74 Å². The summed E-state index contributed by atoms with van der Waals surface area (Å²) in [7, 11) is 0.994. The molecule has 0 unspecified atom stereocenters. The average molecular weight is 257 g/mol. The van der Waals surface area contributed by atoms with Crippen molar-refractivity contribution in [2.45, 2.75) is 5.75 Å². The molecule has 1 aromatic carbocycles. The van der Waals surface area contributed by atoms with E-state index in [4.69, 9.17) is 0 Å². The van der Waals surface area contributed by atoms with Gasteiger partial charge in [-0.05, 0) is 17.7 Å². The molecule has 0 N–H and O–H groups in total. The molecule has 0 aliphatic carbocycles. The number of benzene rings is 1. The summed E-state index contributed by atoms with van der Waals surface area (Å²) in [6, 6.07) is 6.30. The lowest BCUT2D eigenvalue weighted by Crippen LogP contribution is -2.23. The molecular weight excluding hydrogens is 242 g/mol. The molecule has 0 heterocycles. The number of methoxy groups -OCH3 is 1. The third kappa shape index (κ3) is 3.54. The summed E-state index contributed by atoms with van der Waals surface area (Å²) < 4.78 is 28.9. The van der Waals surface area contributed by atoms with Gasteiger partial charge in [-0.15, -0.1) is 0 Å². The minimum Gasteiger partial charge on any atom is -0.465 e. The SMILES string of the molecule is COC(=O)c1ccc(CS(=O)(=O)N(C)C)cc1. The third-order valence-electron chi connectivity index (χ3n) is 2.28. The van der Waals surface area contributed by atoms with E-state index in [1.54, 1.807) is 24.3 Å². The van der Waals surface area contributed by atoms with Crippen LogP contribution in [0.25, 0.3) is 0 Å². The van der Waals surface area contributed by atoms with Crippen molar-refractivity contribution in [1.29, 1.82) is 0 Å². The van der Waals surface area contributed by atoms with Crippen molar-refractivity contribution in [2.75, 3.05) is 21.2 Å². The van der Waals surface area contributed by atoms with Gasteiger partial charge >= 0.3 is 5.97 Å². The Morgan fingerprint density at radius 1 is 1.24 bits per heavy atom. The van der Waals surface area contributed by atoms with E-state index in [0.717, 1.165) is 0 Å². The maximum absolute atomic E-state index is 11.6. The first-order chi connectivity index (χ1) is 7.86. The molecule has 0 aliphatic rings. The molecule has 0 fully saturated rings. The van der Waals surface area contributed by atoms with Gasteiger partial charge in [-0.25, -0.2) is 17.5 Å². The van der Waals surface area contributed by atoms with E-state index >= 15 is 0 Å². The zero-order valence-corrected chi connectivity index (χ0v) is 10.8. The van der Waals surface area contributed by atoms with Gasteiger partial charge in [0.1, 0.15) is 0 Å². The van der Waals surface area contributed by atoms with Crippen LogP contribution in [0.5, 0.6) is 0 Å². The van der Waals surface area contributed by atoms with E-state index in [1.807, 2.05) is 0 Å². The van der Waals surface area contributed by atoms with Gasteiger partial charge in [0.2, 0.25) is 10.0 Å². The number of hydrogen-bond acceptors (Lipinski definition) is 4. The third-order valence-corrected chi connectivity index (χ3v) is 4.09. The molecule has 94 valence electrons. The van der Waals surface area contributed by atoms with E-state index in [0.29, 0.717) is 11.1 Å². The Morgan fingerprint density at radius 3 is 2.18 bits per heavy atom. The largest absolute Gasteiger partial charge is 0.465 e. The molecule has 1 rings (SSSR count). The minimum absolute atomic E-state index is 0.0819. The fraction of sp³-hybridized carbons (Fsp3) is 0.364. The standard InChI is InChI=1S/C11H15NO4S/c1-12(2)17(14,15)8-9-4-6-10(7-5-9)11(13)16-3/h4-7H,8H2,1-3H3. The summed E-state index contributed by atoms with van der Waals surface area (Å²) in [5, 5.41) is 0. The van der Waals surface area contributed by atoms with Crippen molar-refractivity contribution in [3.05, 3.63) is 35.4 Å². The second kappa shape index (κ2) is 5.29. The van der Waals surface area contributed by atoms with Crippen LogP contribution in [0.15, 0.2) is 24.3 Å². The smallest absolute Gasteiger partial charge is 0.337 e. The van der Waals surface area contributed by atoms with Crippen LogP contribution < -0.4 is 0 Å². The van der Waals surface area contributed by atoms with Crippen LogP contribution in [0.1, 0.15) is 15.9 Å². The Hall–Kier alpha value is -1.40. The van der Waals surface area contributed by atoms with Crippen LogP contribution in [-0.2, 0) is 20.5 Å². The lowest BCUT2D eigenvalue weighted by atomic mass is 10.1. The molecule has 0 atom stereocenters. The minimum atomic E-state index is -3.27. The van der Waals surface area contributed by atoms with E-state index < -0.39 is 16.0 Å². The van der Waals surface area contributed by atoms with Gasteiger partial charge in [0, 0.05) is 14.1 Å². The Balaban J connectivity index is 2.86. The molecule has 5 nitrogen and oxygen atoms in total. The summed E-state index contributed by atoms with van der Waals surface area (Å²) in [4.78, 5) is 11.2. The van der Waals surface area contributed by atoms with E-state index in [2.05, 4.69) is 4.74 Å². The van der Waals surface area contributed by atoms with Crippen LogP contribution in [0.4, 0.5) is 0 Å². The first kappa shape index (κ1) is 13.7. The van der Waals surface area contributed by atoms with Gasteiger partial charge in [0.05, 0.1) is 18.4 Å². The van der Waals surface area contributed by atoms with Crippen molar-refractivity contribution in [1.82, 2.24) is 4.31 Å². The first-order valence-electron chi connectivity index (χ1n) is 4.94. The van der Waals surface area contributed by atoms with Crippen molar-refractivity contribution >= 4 is 16.0 Å². The molecule has 1 aromatic rings. The van der Waals surface area contributed by atoms with Crippen molar-refractivity contribution in [3.8, 4) is 0 Å². The molecule has 0 radical (unpaired) electrons. The van der Waals surface area contributed by atoms with E-state index in [1.165, 1.54) is 25.5 Å². The molecule has 0 aliphatic heterocycles. The highest BCUT2D eigenvalue weighted by Gasteiger charge is 2.14. The quantitative estimate of drug-likeness (QED) is 0.751. The molecule has 6 heteroatoms. The summed E-state index contributed by atoms with van der Waals surface area (Å²) in [5.41, 5.74) is 1.03. The molecular formula is C11H15NO4S. The summed E-state index contributed by atoms with van der Waals surface area (Å²) in [5.74, 6) is -0.520. The van der Waals surface area contributed by atoms with Crippen molar-refractivity contribution in [3.63, 3.8) is 0 Å². The maximum atomic E-state index is 11.6. The fourth-order valence-corrected chi connectivity index (χ4v) is 2.07. The van der Waals surface area contributed by atoms with Crippen LogP contribution in [0, 0.1) is 0 Å². The number of esters is 1. The summed E-state index contributed by atoms with van der Waals surface area (Å²) in [6.45, 7) is 0. The van der Waals surface area contributed by atoms with Gasteiger partial charge in [-0.2, -0.15) is 0 Å². The van der Waals surface area contributed by atoms with Gasteiger partial charge in [0.25, 0.3) is 0 Å². The van der Waals surface area contributed by atoms with Gasteiger partial charge in [-0.3, -0.25) is 0 Å². The highest BCUT2D eigenvalue weighted by atomic mass is 32.2. The van der Waals surface area contributed by atoms with Gasteiger partial charge in [-0.1, -0.05) is 12.1 Å². The number of ether oxygens (including phenoxy) is 1. The Kier molecular flexibility index (Phi) is 4.25. The highest BCUT2D eigenvalue weighted by molar-refractivity contribution is 7.88. The monoisotopic (exact) mass is 257 g/mol. The predicted octanol–water partition coefficient (Wildman–Crippen LogP) is 0.865. The van der Waals surface area contributed by atoms with Crippen LogP contribution in [0.2, 0.25) is 0 Å². The molecule has 0 spiro atoms.